The topological polar surface area (TPSA) is 71.8 Å². The summed E-state index contributed by atoms with van der Waals surface area (Å²) in [6, 6.07) is 8.14. The first-order valence-corrected chi connectivity index (χ1v) is 10.2. The minimum atomic E-state index is -0.341. The lowest BCUT2D eigenvalue weighted by atomic mass is 9.88. The van der Waals surface area contributed by atoms with Gasteiger partial charge in [-0.3, -0.25) is 4.79 Å². The Morgan fingerprint density at radius 1 is 1.21 bits per heavy atom. The number of amides is 1. The fourth-order valence-electron chi connectivity index (χ4n) is 4.46. The Labute approximate surface area is 176 Å². The second-order valence-corrected chi connectivity index (χ2v) is 8.14. The first kappa shape index (κ1) is 21.1. The molecule has 2 aliphatic rings. The fourth-order valence-corrected chi connectivity index (χ4v) is 4.58. The molecule has 2 heterocycles. The third-order valence-electron chi connectivity index (χ3n) is 6.00. The van der Waals surface area contributed by atoms with E-state index in [1.807, 2.05) is 35.9 Å². The molecule has 0 atom stereocenters. The SMILES string of the molecule is Cc1c(C(=O)NC2(c3ccc(Cl)cc3)CCCC2)nnn1C1CCNCC1.Cl. The highest BCUT2D eigenvalue weighted by Crippen LogP contribution is 2.39. The molecule has 1 aromatic heterocycles. The molecular weight excluding hydrogens is 397 g/mol. The van der Waals surface area contributed by atoms with Gasteiger partial charge in [-0.25, -0.2) is 4.68 Å². The number of carbonyl (C=O) groups is 1. The molecule has 6 nitrogen and oxygen atoms in total. The number of nitrogens with zero attached hydrogens (tertiary/aromatic N) is 3. The Morgan fingerprint density at radius 2 is 1.86 bits per heavy atom. The van der Waals surface area contributed by atoms with Crippen LogP contribution in [-0.2, 0) is 5.54 Å². The zero-order valence-electron chi connectivity index (χ0n) is 16.1. The van der Waals surface area contributed by atoms with E-state index in [1.165, 1.54) is 0 Å². The molecule has 8 heteroatoms. The number of hydrogen-bond donors (Lipinski definition) is 2. The summed E-state index contributed by atoms with van der Waals surface area (Å²) in [6.07, 6.45) is 6.09. The van der Waals surface area contributed by atoms with Crippen molar-refractivity contribution in [1.82, 2.24) is 25.6 Å². The molecule has 28 heavy (non-hydrogen) atoms. The summed E-state index contributed by atoms with van der Waals surface area (Å²) >= 11 is 6.05. The van der Waals surface area contributed by atoms with E-state index in [-0.39, 0.29) is 23.9 Å². The highest BCUT2D eigenvalue weighted by molar-refractivity contribution is 6.30. The van der Waals surface area contributed by atoms with E-state index in [0.717, 1.165) is 62.9 Å². The third-order valence-corrected chi connectivity index (χ3v) is 6.26. The largest absolute Gasteiger partial charge is 0.341 e. The lowest BCUT2D eigenvalue weighted by Crippen LogP contribution is -2.44. The summed E-state index contributed by atoms with van der Waals surface area (Å²) in [5, 5.41) is 15.9. The van der Waals surface area contributed by atoms with Crippen LogP contribution in [0.15, 0.2) is 24.3 Å². The van der Waals surface area contributed by atoms with Gasteiger partial charge in [-0.2, -0.15) is 0 Å². The van der Waals surface area contributed by atoms with Gasteiger partial charge >= 0.3 is 0 Å². The number of rotatable bonds is 4. The molecule has 4 rings (SSSR count). The van der Waals surface area contributed by atoms with Crippen molar-refractivity contribution in [3.05, 3.63) is 46.2 Å². The number of nitrogens with one attached hydrogen (secondary N) is 2. The van der Waals surface area contributed by atoms with Gasteiger partial charge in [0.05, 0.1) is 17.3 Å². The standard InChI is InChI=1S/C20H26ClN5O.ClH/c1-14-18(24-25-26(14)17-8-12-22-13-9-17)19(27)23-20(10-2-3-11-20)15-4-6-16(21)7-5-15;/h4-7,17,22H,2-3,8-13H2,1H3,(H,23,27);1H. The van der Waals surface area contributed by atoms with Crippen LogP contribution >= 0.6 is 24.0 Å². The highest BCUT2D eigenvalue weighted by Gasteiger charge is 2.38. The molecule has 1 aromatic carbocycles. The Bertz CT molecular complexity index is 809. The second-order valence-electron chi connectivity index (χ2n) is 7.70. The van der Waals surface area contributed by atoms with Crippen molar-refractivity contribution in [3.8, 4) is 0 Å². The number of benzene rings is 1. The van der Waals surface area contributed by atoms with Crippen LogP contribution in [0.1, 0.15) is 66.3 Å². The minimum absolute atomic E-state index is 0. The fraction of sp³-hybridized carbons (Fsp3) is 0.550. The van der Waals surface area contributed by atoms with E-state index in [9.17, 15) is 4.79 Å². The molecule has 1 aliphatic carbocycles. The average Bonchev–Trinajstić information content (AvgIpc) is 3.30. The molecule has 0 bridgehead atoms. The van der Waals surface area contributed by atoms with Crippen LogP contribution in [0.2, 0.25) is 5.02 Å². The molecule has 1 saturated heterocycles. The van der Waals surface area contributed by atoms with E-state index in [2.05, 4.69) is 20.9 Å². The number of hydrogen-bond acceptors (Lipinski definition) is 4. The van der Waals surface area contributed by atoms with Crippen LogP contribution in [0.5, 0.6) is 0 Å². The summed E-state index contributed by atoms with van der Waals surface area (Å²) in [7, 11) is 0. The van der Waals surface area contributed by atoms with Crippen LogP contribution in [-0.4, -0.2) is 34.0 Å². The predicted octanol–water partition coefficient (Wildman–Crippen LogP) is 3.79. The maximum atomic E-state index is 13.1. The summed E-state index contributed by atoms with van der Waals surface area (Å²) in [5.41, 5.74) is 2.06. The normalized spacial score (nSPS) is 19.2. The molecule has 1 saturated carbocycles. The van der Waals surface area contributed by atoms with Gasteiger partial charge in [0.15, 0.2) is 5.69 Å². The van der Waals surface area contributed by atoms with Crippen molar-refractivity contribution in [1.29, 1.82) is 0 Å². The van der Waals surface area contributed by atoms with Crippen molar-refractivity contribution in [2.75, 3.05) is 13.1 Å². The van der Waals surface area contributed by atoms with Crippen molar-refractivity contribution in [3.63, 3.8) is 0 Å². The maximum Gasteiger partial charge on any atom is 0.274 e. The molecule has 1 aliphatic heterocycles. The molecule has 2 N–H and O–H groups in total. The molecule has 0 spiro atoms. The van der Waals surface area contributed by atoms with Crippen molar-refractivity contribution in [2.45, 2.75) is 57.0 Å². The Balaban J connectivity index is 0.00000225. The number of piperidine rings is 1. The summed E-state index contributed by atoms with van der Waals surface area (Å²) in [5.74, 6) is -0.135. The van der Waals surface area contributed by atoms with Gasteiger partial charge in [0.25, 0.3) is 5.91 Å². The van der Waals surface area contributed by atoms with E-state index in [4.69, 9.17) is 11.6 Å². The van der Waals surface area contributed by atoms with Crippen molar-refractivity contribution < 1.29 is 4.79 Å². The molecular formula is C20H27Cl2N5O. The summed E-state index contributed by atoms with van der Waals surface area (Å²) in [6.45, 7) is 3.90. The first-order chi connectivity index (χ1) is 13.1. The number of halogens is 2. The van der Waals surface area contributed by atoms with Crippen LogP contribution in [0, 0.1) is 6.92 Å². The van der Waals surface area contributed by atoms with Crippen LogP contribution in [0.4, 0.5) is 0 Å². The van der Waals surface area contributed by atoms with Gasteiger partial charge in [0.1, 0.15) is 0 Å². The molecule has 152 valence electrons. The monoisotopic (exact) mass is 423 g/mol. The lowest BCUT2D eigenvalue weighted by Gasteiger charge is -2.31. The predicted molar refractivity (Wildman–Crippen MR) is 112 cm³/mol. The van der Waals surface area contributed by atoms with Gasteiger partial charge in [-0.05, 0) is 63.4 Å². The molecule has 2 aromatic rings. The van der Waals surface area contributed by atoms with Gasteiger partial charge in [-0.15, -0.1) is 17.5 Å². The van der Waals surface area contributed by atoms with Crippen LogP contribution in [0.25, 0.3) is 0 Å². The van der Waals surface area contributed by atoms with Crippen LogP contribution < -0.4 is 10.6 Å². The number of aromatic nitrogens is 3. The minimum Gasteiger partial charge on any atom is -0.341 e. The quantitative estimate of drug-likeness (QED) is 0.784. The second kappa shape index (κ2) is 8.80. The van der Waals surface area contributed by atoms with E-state index in [0.29, 0.717) is 16.8 Å². The van der Waals surface area contributed by atoms with E-state index < -0.39 is 0 Å². The van der Waals surface area contributed by atoms with Gasteiger partial charge < -0.3 is 10.6 Å². The van der Waals surface area contributed by atoms with Crippen molar-refractivity contribution in [2.24, 2.45) is 0 Å². The zero-order valence-corrected chi connectivity index (χ0v) is 17.7. The summed E-state index contributed by atoms with van der Waals surface area (Å²) < 4.78 is 1.93. The van der Waals surface area contributed by atoms with E-state index >= 15 is 0 Å². The molecule has 2 fully saturated rings. The summed E-state index contributed by atoms with van der Waals surface area (Å²) in [4.78, 5) is 13.1. The molecule has 0 unspecified atom stereocenters. The van der Waals surface area contributed by atoms with Crippen molar-refractivity contribution >= 4 is 29.9 Å². The van der Waals surface area contributed by atoms with Gasteiger partial charge in [0, 0.05) is 5.02 Å². The zero-order chi connectivity index (χ0) is 18.9. The number of carbonyl (C=O) groups excluding carboxylic acids is 1. The van der Waals surface area contributed by atoms with Gasteiger partial charge in [0.2, 0.25) is 0 Å². The average molecular weight is 424 g/mol. The molecule has 1 amide bonds. The Morgan fingerprint density at radius 3 is 2.50 bits per heavy atom. The first-order valence-electron chi connectivity index (χ1n) is 9.80. The lowest BCUT2D eigenvalue weighted by molar-refractivity contribution is 0.0892. The van der Waals surface area contributed by atoms with E-state index in [1.54, 1.807) is 0 Å². The maximum absolute atomic E-state index is 13.1. The van der Waals surface area contributed by atoms with Crippen LogP contribution in [0.3, 0.4) is 0 Å². The smallest absolute Gasteiger partial charge is 0.274 e. The third kappa shape index (κ3) is 4.04. The van der Waals surface area contributed by atoms with Gasteiger partial charge in [-0.1, -0.05) is 41.8 Å². The Kier molecular flexibility index (Phi) is 6.63. The highest BCUT2D eigenvalue weighted by atomic mass is 35.5. The Hall–Kier alpha value is -1.63. The molecule has 0 radical (unpaired) electrons.